The molecule has 0 aliphatic heterocycles. The van der Waals surface area contributed by atoms with E-state index >= 15 is 0 Å². The van der Waals surface area contributed by atoms with Crippen molar-refractivity contribution in [2.45, 2.75) is 19.8 Å². The Kier molecular flexibility index (Phi) is 2.50. The predicted octanol–water partition coefficient (Wildman–Crippen LogP) is 3.43. The van der Waals surface area contributed by atoms with Crippen molar-refractivity contribution in [2.75, 3.05) is 0 Å². The molecule has 0 atom stereocenters. The number of hydrogen-bond donors (Lipinski definition) is 1. The first kappa shape index (κ1) is 9.84. The molecule has 0 saturated carbocycles. The van der Waals surface area contributed by atoms with Crippen molar-refractivity contribution in [1.29, 1.82) is 0 Å². The molecule has 78 valence electrons. The maximum atomic E-state index is 9.71. The Bertz CT molecular complexity index is 494. The highest BCUT2D eigenvalue weighted by molar-refractivity contribution is 5.86. The largest absolute Gasteiger partial charge is 0.508 e. The van der Waals surface area contributed by atoms with Gasteiger partial charge in [0, 0.05) is 10.9 Å². The summed E-state index contributed by atoms with van der Waals surface area (Å²) >= 11 is 0. The summed E-state index contributed by atoms with van der Waals surface area (Å²) in [6.07, 6.45) is 5.09. The van der Waals surface area contributed by atoms with E-state index in [2.05, 4.69) is 13.5 Å². The van der Waals surface area contributed by atoms with Crippen molar-refractivity contribution in [3.63, 3.8) is 0 Å². The lowest BCUT2D eigenvalue weighted by atomic mass is 10.0. The minimum atomic E-state index is 0.277. The van der Waals surface area contributed by atoms with Gasteiger partial charge in [0.05, 0.1) is 6.26 Å². The maximum Gasteiger partial charge on any atom is 0.141 e. The molecule has 0 aliphatic carbocycles. The van der Waals surface area contributed by atoms with E-state index in [-0.39, 0.29) is 5.75 Å². The zero-order valence-electron chi connectivity index (χ0n) is 8.79. The Labute approximate surface area is 88.8 Å². The van der Waals surface area contributed by atoms with Crippen molar-refractivity contribution < 1.29 is 9.52 Å². The number of benzene rings is 1. The van der Waals surface area contributed by atoms with Gasteiger partial charge in [0.2, 0.25) is 0 Å². The zero-order valence-corrected chi connectivity index (χ0v) is 8.79. The van der Waals surface area contributed by atoms with E-state index in [4.69, 9.17) is 4.42 Å². The van der Waals surface area contributed by atoms with E-state index in [1.165, 1.54) is 5.56 Å². The molecule has 1 N–H and O–H groups in total. The number of rotatable bonds is 3. The third-order valence-corrected chi connectivity index (χ3v) is 2.63. The first-order chi connectivity index (χ1) is 7.27. The lowest BCUT2D eigenvalue weighted by Gasteiger charge is -2.02. The molecule has 2 rings (SSSR count). The predicted molar refractivity (Wildman–Crippen MR) is 61.2 cm³/mol. The van der Waals surface area contributed by atoms with Crippen LogP contribution >= 0.6 is 0 Å². The van der Waals surface area contributed by atoms with Crippen molar-refractivity contribution in [3.05, 3.63) is 42.2 Å². The first-order valence-corrected chi connectivity index (χ1v) is 5.09. The molecule has 0 bridgehead atoms. The Hall–Kier alpha value is -1.70. The van der Waals surface area contributed by atoms with Gasteiger partial charge < -0.3 is 9.52 Å². The molecular weight excluding hydrogens is 188 g/mol. The van der Waals surface area contributed by atoms with E-state index in [1.807, 2.05) is 6.07 Å². The average Bonchev–Trinajstić information content (AvgIpc) is 2.65. The summed E-state index contributed by atoms with van der Waals surface area (Å²) in [5, 5.41) is 10.8. The molecule has 0 aliphatic rings. The first-order valence-electron chi connectivity index (χ1n) is 5.09. The highest BCUT2D eigenvalue weighted by Crippen LogP contribution is 2.31. The van der Waals surface area contributed by atoms with Crippen molar-refractivity contribution in [2.24, 2.45) is 0 Å². The second-order valence-electron chi connectivity index (χ2n) is 3.55. The van der Waals surface area contributed by atoms with Crippen LogP contribution in [0, 0.1) is 0 Å². The van der Waals surface area contributed by atoms with Crippen molar-refractivity contribution in [3.8, 4) is 5.75 Å². The van der Waals surface area contributed by atoms with Crippen LogP contribution < -0.4 is 0 Å². The second kappa shape index (κ2) is 3.81. The molecule has 0 saturated heterocycles. The van der Waals surface area contributed by atoms with Gasteiger partial charge in [0.15, 0.2) is 0 Å². The quantitative estimate of drug-likeness (QED) is 0.773. The number of phenolic OH excluding ortho intramolecular Hbond substituents is 1. The highest BCUT2D eigenvalue weighted by Gasteiger charge is 2.11. The molecule has 0 radical (unpaired) electrons. The second-order valence-corrected chi connectivity index (χ2v) is 3.55. The van der Waals surface area contributed by atoms with E-state index in [0.29, 0.717) is 6.42 Å². The number of aryl methyl sites for hydroxylation is 1. The standard InChI is InChI=1S/C13H14O2/c1-3-5-11-12(14)7-6-10-9(4-2)8-15-13(10)11/h3,6-8,14H,1,4-5H2,2H3. The Balaban J connectivity index is 2.71. The van der Waals surface area contributed by atoms with Crippen LogP contribution in [0.15, 0.2) is 35.5 Å². The summed E-state index contributed by atoms with van der Waals surface area (Å²) in [5.41, 5.74) is 2.78. The van der Waals surface area contributed by atoms with Crippen LogP contribution in [-0.4, -0.2) is 5.11 Å². The summed E-state index contributed by atoms with van der Waals surface area (Å²) in [5.74, 6) is 0.277. The molecule has 1 aromatic heterocycles. The zero-order chi connectivity index (χ0) is 10.8. The van der Waals surface area contributed by atoms with Gasteiger partial charge in [-0.25, -0.2) is 0 Å². The summed E-state index contributed by atoms with van der Waals surface area (Å²) < 4.78 is 5.50. The van der Waals surface area contributed by atoms with Crippen molar-refractivity contribution in [1.82, 2.24) is 0 Å². The Morgan fingerprint density at radius 3 is 2.93 bits per heavy atom. The number of fused-ring (bicyclic) bond motifs is 1. The topological polar surface area (TPSA) is 33.4 Å². The third kappa shape index (κ3) is 1.52. The van der Waals surface area contributed by atoms with Crippen LogP contribution in [0.1, 0.15) is 18.1 Å². The van der Waals surface area contributed by atoms with Gasteiger partial charge in [-0.15, -0.1) is 6.58 Å². The molecule has 2 nitrogen and oxygen atoms in total. The van der Waals surface area contributed by atoms with Gasteiger partial charge in [-0.1, -0.05) is 13.0 Å². The van der Waals surface area contributed by atoms with Crippen LogP contribution in [0.3, 0.4) is 0 Å². The number of phenols is 1. The fraction of sp³-hybridized carbons (Fsp3) is 0.231. The van der Waals surface area contributed by atoms with Crippen LogP contribution in [0.5, 0.6) is 5.75 Å². The van der Waals surface area contributed by atoms with Gasteiger partial charge in [-0.2, -0.15) is 0 Å². The molecule has 0 spiro atoms. The normalized spacial score (nSPS) is 10.7. The number of hydrogen-bond acceptors (Lipinski definition) is 2. The van der Waals surface area contributed by atoms with Gasteiger partial charge in [-0.05, 0) is 30.5 Å². The average molecular weight is 202 g/mol. The Morgan fingerprint density at radius 1 is 1.47 bits per heavy atom. The smallest absolute Gasteiger partial charge is 0.141 e. The molecule has 2 heteroatoms. The van der Waals surface area contributed by atoms with Gasteiger partial charge in [0.25, 0.3) is 0 Å². The minimum absolute atomic E-state index is 0.277. The van der Waals surface area contributed by atoms with Crippen LogP contribution in [0.4, 0.5) is 0 Å². The molecule has 15 heavy (non-hydrogen) atoms. The SMILES string of the molecule is C=CCc1c(O)ccc2c(CC)coc12. The molecule has 2 aromatic rings. The summed E-state index contributed by atoms with van der Waals surface area (Å²) in [7, 11) is 0. The summed E-state index contributed by atoms with van der Waals surface area (Å²) in [6.45, 7) is 5.77. The molecule has 0 unspecified atom stereocenters. The van der Waals surface area contributed by atoms with E-state index < -0.39 is 0 Å². The van der Waals surface area contributed by atoms with Gasteiger partial charge in [0.1, 0.15) is 11.3 Å². The number of furan rings is 1. The highest BCUT2D eigenvalue weighted by atomic mass is 16.3. The Morgan fingerprint density at radius 2 is 2.27 bits per heavy atom. The molecular formula is C13H14O2. The fourth-order valence-corrected chi connectivity index (χ4v) is 1.81. The van der Waals surface area contributed by atoms with E-state index in [9.17, 15) is 5.11 Å². The fourth-order valence-electron chi connectivity index (χ4n) is 1.81. The molecule has 1 aromatic carbocycles. The molecule has 0 fully saturated rings. The minimum Gasteiger partial charge on any atom is -0.508 e. The lowest BCUT2D eigenvalue weighted by Crippen LogP contribution is -1.84. The van der Waals surface area contributed by atoms with Crippen LogP contribution in [0.2, 0.25) is 0 Å². The third-order valence-electron chi connectivity index (χ3n) is 2.63. The van der Waals surface area contributed by atoms with E-state index in [0.717, 1.165) is 23.0 Å². The van der Waals surface area contributed by atoms with Crippen LogP contribution in [-0.2, 0) is 12.8 Å². The number of allylic oxidation sites excluding steroid dienone is 1. The van der Waals surface area contributed by atoms with Gasteiger partial charge >= 0.3 is 0 Å². The summed E-state index contributed by atoms with van der Waals surface area (Å²) in [6, 6.07) is 3.62. The molecule has 1 heterocycles. The monoisotopic (exact) mass is 202 g/mol. The maximum absolute atomic E-state index is 9.71. The summed E-state index contributed by atoms with van der Waals surface area (Å²) in [4.78, 5) is 0. The lowest BCUT2D eigenvalue weighted by molar-refractivity contribution is 0.468. The van der Waals surface area contributed by atoms with E-state index in [1.54, 1.807) is 18.4 Å². The van der Waals surface area contributed by atoms with Crippen molar-refractivity contribution >= 4 is 11.0 Å². The van der Waals surface area contributed by atoms with Gasteiger partial charge in [-0.3, -0.25) is 0 Å². The number of aromatic hydroxyl groups is 1. The van der Waals surface area contributed by atoms with Crippen LogP contribution in [0.25, 0.3) is 11.0 Å². The molecule has 0 amide bonds.